The molecule has 1 aliphatic rings. The Morgan fingerprint density at radius 3 is 0.714 bits per heavy atom. The van der Waals surface area contributed by atoms with E-state index in [0.29, 0.717) is 12.0 Å². The summed E-state index contributed by atoms with van der Waals surface area (Å²) >= 11 is 0. The number of esters is 2. The Labute approximate surface area is 307 Å². The molecule has 0 amide bonds. The van der Waals surface area contributed by atoms with Gasteiger partial charge in [-0.1, -0.05) is 257 Å². The quantitative estimate of drug-likeness (QED) is 0.0365. The van der Waals surface area contributed by atoms with Crippen molar-refractivity contribution in [2.45, 2.75) is 270 Å². The van der Waals surface area contributed by atoms with Gasteiger partial charge in [0.05, 0.1) is 0 Å². The average Bonchev–Trinajstić information content (AvgIpc) is 3.43. The van der Waals surface area contributed by atoms with Crippen molar-refractivity contribution in [3.63, 3.8) is 0 Å². The molecule has 49 heavy (non-hydrogen) atoms. The molecule has 3 nitrogen and oxygen atoms in total. The molecule has 1 heterocycles. The Morgan fingerprint density at radius 1 is 0.327 bits per heavy atom. The van der Waals surface area contributed by atoms with E-state index in [4.69, 9.17) is 0 Å². The van der Waals surface area contributed by atoms with Crippen molar-refractivity contribution in [3.8, 4) is 0 Å². The van der Waals surface area contributed by atoms with E-state index in [9.17, 15) is 9.59 Å². The number of rotatable bonds is 41. The average molecular weight is 687 g/mol. The number of carbonyl (C=O) groups is 2. The van der Waals surface area contributed by atoms with Gasteiger partial charge in [-0.3, -0.25) is 0 Å². The summed E-state index contributed by atoms with van der Waals surface area (Å²) < 4.78 is 4.53. The first-order valence-electron chi connectivity index (χ1n) is 22.7. The molecule has 0 aromatic rings. The summed E-state index contributed by atoms with van der Waals surface area (Å²) in [5.41, 5.74) is 0.557. The fourth-order valence-corrected chi connectivity index (χ4v) is 7.67. The lowest BCUT2D eigenvalue weighted by atomic mass is 10.0. The maximum atomic E-state index is 11.4. The molecule has 1 aliphatic heterocycles. The minimum absolute atomic E-state index is 0.434. The molecule has 0 spiro atoms. The van der Waals surface area contributed by atoms with E-state index in [1.54, 1.807) is 0 Å². The Hall–Kier alpha value is -1.12. The molecule has 0 unspecified atom stereocenters. The zero-order chi connectivity index (χ0) is 35.1. The van der Waals surface area contributed by atoms with Gasteiger partial charge in [0, 0.05) is 11.6 Å². The molecule has 0 fully saturated rings. The second-order valence-electron chi connectivity index (χ2n) is 15.9. The highest BCUT2D eigenvalue weighted by Gasteiger charge is 2.22. The number of carbonyl (C=O) groups excluding carboxylic acids is 2. The normalized spacial score (nSPS) is 13.0. The SMILES string of the molecule is CCCCCCCCCCCCCCCCCCCCCCCCCCCCCCCCCCCCCCCCCCC1=CC(=O)OC1=O. The molecule has 288 valence electrons. The van der Waals surface area contributed by atoms with Crippen LogP contribution < -0.4 is 0 Å². The van der Waals surface area contributed by atoms with Gasteiger partial charge in [-0.15, -0.1) is 0 Å². The van der Waals surface area contributed by atoms with Crippen LogP contribution in [0, 0.1) is 0 Å². The van der Waals surface area contributed by atoms with E-state index in [1.807, 2.05) is 0 Å². The van der Waals surface area contributed by atoms with Crippen molar-refractivity contribution < 1.29 is 14.3 Å². The van der Waals surface area contributed by atoms with Gasteiger partial charge in [-0.25, -0.2) is 9.59 Å². The third kappa shape index (κ3) is 33.8. The third-order valence-corrected chi connectivity index (χ3v) is 11.0. The maximum Gasteiger partial charge on any atom is 0.342 e. The van der Waals surface area contributed by atoms with Crippen LogP contribution in [-0.4, -0.2) is 11.9 Å². The fourth-order valence-electron chi connectivity index (χ4n) is 7.67. The third-order valence-electron chi connectivity index (χ3n) is 11.0. The van der Waals surface area contributed by atoms with Crippen LogP contribution in [0.1, 0.15) is 270 Å². The lowest BCUT2D eigenvalue weighted by Gasteiger charge is -2.05. The van der Waals surface area contributed by atoms with E-state index in [1.165, 1.54) is 250 Å². The molecule has 3 heteroatoms. The minimum Gasteiger partial charge on any atom is -0.386 e. The highest BCUT2D eigenvalue weighted by Crippen LogP contribution is 2.19. The molecule has 0 radical (unpaired) electrons. The maximum absolute atomic E-state index is 11.4. The van der Waals surface area contributed by atoms with Gasteiger partial charge in [0.25, 0.3) is 0 Å². The summed E-state index contributed by atoms with van der Waals surface area (Å²) in [5, 5.41) is 0. The van der Waals surface area contributed by atoms with Gasteiger partial charge < -0.3 is 4.74 Å². The highest BCUT2D eigenvalue weighted by atomic mass is 16.6. The number of ether oxygens (including phenoxy) is 1. The predicted molar refractivity (Wildman–Crippen MR) is 214 cm³/mol. The first kappa shape index (κ1) is 45.9. The van der Waals surface area contributed by atoms with Crippen LogP contribution in [0.4, 0.5) is 0 Å². The first-order valence-corrected chi connectivity index (χ1v) is 22.7. The Kier molecular flexibility index (Phi) is 35.7. The topological polar surface area (TPSA) is 43.4 Å². The number of hydrogen-bond acceptors (Lipinski definition) is 3. The van der Waals surface area contributed by atoms with E-state index >= 15 is 0 Å². The number of hydrogen-bond donors (Lipinski definition) is 0. The van der Waals surface area contributed by atoms with E-state index in [-0.39, 0.29) is 0 Å². The molecule has 0 aromatic heterocycles. The van der Waals surface area contributed by atoms with Gasteiger partial charge in [0.15, 0.2) is 0 Å². The predicted octanol–water partition coefficient (Wildman–Crippen LogP) is 16.0. The smallest absolute Gasteiger partial charge is 0.342 e. The van der Waals surface area contributed by atoms with E-state index in [0.717, 1.165) is 12.8 Å². The van der Waals surface area contributed by atoms with Gasteiger partial charge in [-0.05, 0) is 12.8 Å². The first-order chi connectivity index (χ1) is 24.2. The van der Waals surface area contributed by atoms with E-state index < -0.39 is 11.9 Å². The molecular formula is C46H86O3. The molecule has 0 atom stereocenters. The van der Waals surface area contributed by atoms with Crippen LogP contribution in [0.5, 0.6) is 0 Å². The van der Waals surface area contributed by atoms with Crippen LogP contribution >= 0.6 is 0 Å². The zero-order valence-corrected chi connectivity index (χ0v) is 33.3. The van der Waals surface area contributed by atoms with Crippen LogP contribution in [-0.2, 0) is 14.3 Å². The largest absolute Gasteiger partial charge is 0.386 e. The number of unbranched alkanes of at least 4 members (excludes halogenated alkanes) is 39. The van der Waals surface area contributed by atoms with Crippen molar-refractivity contribution in [1.82, 2.24) is 0 Å². The summed E-state index contributed by atoms with van der Waals surface area (Å²) in [6.45, 7) is 2.31. The molecule has 0 aromatic carbocycles. The summed E-state index contributed by atoms with van der Waals surface area (Å²) in [7, 11) is 0. The van der Waals surface area contributed by atoms with Crippen molar-refractivity contribution >= 4 is 11.9 Å². The fraction of sp³-hybridized carbons (Fsp3) is 0.913. The lowest BCUT2D eigenvalue weighted by Crippen LogP contribution is -2.01. The minimum atomic E-state index is -0.498. The van der Waals surface area contributed by atoms with Crippen LogP contribution in [0.2, 0.25) is 0 Å². The second kappa shape index (κ2) is 38.1. The van der Waals surface area contributed by atoms with Crippen LogP contribution in [0.3, 0.4) is 0 Å². The summed E-state index contributed by atoms with van der Waals surface area (Å²) in [6.07, 6.45) is 59.1. The van der Waals surface area contributed by atoms with Crippen molar-refractivity contribution in [2.75, 3.05) is 0 Å². The van der Waals surface area contributed by atoms with Crippen molar-refractivity contribution in [2.24, 2.45) is 0 Å². The van der Waals surface area contributed by atoms with Crippen molar-refractivity contribution in [1.29, 1.82) is 0 Å². The summed E-state index contributed by atoms with van der Waals surface area (Å²) in [4.78, 5) is 22.4. The Bertz CT molecular complexity index is 741. The molecule has 1 rings (SSSR count). The Morgan fingerprint density at radius 2 is 0.531 bits per heavy atom. The van der Waals surface area contributed by atoms with Gasteiger partial charge in [0.1, 0.15) is 0 Å². The molecule has 0 bridgehead atoms. The van der Waals surface area contributed by atoms with Crippen LogP contribution in [0.15, 0.2) is 11.6 Å². The summed E-state index contributed by atoms with van der Waals surface area (Å²) in [6, 6.07) is 0. The van der Waals surface area contributed by atoms with Crippen molar-refractivity contribution in [3.05, 3.63) is 11.6 Å². The number of cyclic esters (lactones) is 2. The molecule has 0 saturated carbocycles. The lowest BCUT2D eigenvalue weighted by molar-refractivity contribution is -0.150. The zero-order valence-electron chi connectivity index (χ0n) is 33.3. The monoisotopic (exact) mass is 687 g/mol. The van der Waals surface area contributed by atoms with Gasteiger partial charge in [0.2, 0.25) is 0 Å². The highest BCUT2D eigenvalue weighted by molar-refractivity contribution is 6.08. The second-order valence-corrected chi connectivity index (χ2v) is 15.9. The van der Waals surface area contributed by atoms with Gasteiger partial charge >= 0.3 is 11.9 Å². The molecule has 0 N–H and O–H groups in total. The summed E-state index contributed by atoms with van der Waals surface area (Å²) in [5.74, 6) is -0.932. The van der Waals surface area contributed by atoms with Gasteiger partial charge in [-0.2, -0.15) is 0 Å². The molecule has 0 aliphatic carbocycles. The molecular weight excluding hydrogens is 601 g/mol. The van der Waals surface area contributed by atoms with Crippen LogP contribution in [0.25, 0.3) is 0 Å². The van der Waals surface area contributed by atoms with E-state index in [2.05, 4.69) is 11.7 Å². The Balaban J connectivity index is 1.61. The molecule has 0 saturated heterocycles. The standard InChI is InChI=1S/C46H86O3/c1-2-3-4-5-6-7-8-9-10-11-12-13-14-15-16-17-18-19-20-21-22-23-24-25-26-27-28-29-30-31-32-33-34-35-36-37-38-39-40-41-42-44-43-45(47)49-46(44)48/h43H,2-42H2,1H3.